The lowest BCUT2D eigenvalue weighted by atomic mass is 9.43. The molecule has 0 N–H and O–H groups in total. The van der Waals surface area contributed by atoms with Crippen LogP contribution in [0.4, 0.5) is 0 Å². The number of hydrogen-bond donors (Lipinski definition) is 0. The summed E-state index contributed by atoms with van der Waals surface area (Å²) in [6, 6.07) is 31.8. The van der Waals surface area contributed by atoms with Gasteiger partial charge in [-0.15, -0.1) is 0 Å². The fourth-order valence-corrected chi connectivity index (χ4v) is 8.06. The number of benzene rings is 4. The van der Waals surface area contributed by atoms with E-state index in [0.29, 0.717) is 11.1 Å². The van der Waals surface area contributed by atoms with Crippen molar-refractivity contribution < 1.29 is 19.1 Å². The Morgan fingerprint density at radius 2 is 1.26 bits per heavy atom. The molecule has 0 amide bonds. The highest BCUT2D eigenvalue weighted by atomic mass is 16.6. The molecule has 4 nitrogen and oxygen atoms in total. The summed E-state index contributed by atoms with van der Waals surface area (Å²) in [6.45, 7) is 4.44. The molecule has 4 aromatic carbocycles. The van der Waals surface area contributed by atoms with Crippen molar-refractivity contribution in [2.75, 3.05) is 0 Å². The van der Waals surface area contributed by atoms with Gasteiger partial charge in [-0.25, -0.2) is 9.59 Å². The maximum Gasteiger partial charge on any atom is 0.338 e. The lowest BCUT2D eigenvalue weighted by molar-refractivity contribution is -0.0318. The first kappa shape index (κ1) is 27.6. The summed E-state index contributed by atoms with van der Waals surface area (Å²) in [5.74, 6) is -0.917. The minimum atomic E-state index is -0.606. The molecule has 0 aliphatic heterocycles. The fraction of sp³-hybridized carbons (Fsp3) is 0.333. The van der Waals surface area contributed by atoms with Crippen LogP contribution in [0.15, 0.2) is 97.1 Å². The van der Waals surface area contributed by atoms with Crippen LogP contribution in [0.2, 0.25) is 0 Å². The number of aryl methyl sites for hydroxylation is 2. The summed E-state index contributed by atoms with van der Waals surface area (Å²) in [5.41, 5.74) is 8.45. The molecule has 7 rings (SSSR count). The van der Waals surface area contributed by atoms with Gasteiger partial charge in [-0.3, -0.25) is 0 Å². The second kappa shape index (κ2) is 11.1. The van der Waals surface area contributed by atoms with Crippen LogP contribution in [0.5, 0.6) is 0 Å². The second-order valence-electron chi connectivity index (χ2n) is 12.3. The molecule has 3 unspecified atom stereocenters. The van der Waals surface area contributed by atoms with Gasteiger partial charge in [-0.05, 0) is 83.3 Å². The van der Waals surface area contributed by atoms with Crippen LogP contribution in [-0.4, -0.2) is 24.1 Å². The van der Waals surface area contributed by atoms with Crippen LogP contribution in [0.25, 0.3) is 0 Å². The quantitative estimate of drug-likeness (QED) is 0.180. The van der Waals surface area contributed by atoms with Crippen molar-refractivity contribution in [3.8, 4) is 0 Å². The molecular weight excluding hydrogens is 532 g/mol. The normalized spacial score (nSPS) is 24.0. The zero-order valence-electron chi connectivity index (χ0n) is 24.9. The smallest absolute Gasteiger partial charge is 0.338 e. The molecule has 218 valence electrons. The van der Waals surface area contributed by atoms with E-state index in [-0.39, 0.29) is 29.2 Å². The zero-order chi connectivity index (χ0) is 29.6. The molecule has 5 atom stereocenters. The summed E-state index contributed by atoms with van der Waals surface area (Å²) < 4.78 is 12.9. The summed E-state index contributed by atoms with van der Waals surface area (Å²) >= 11 is 0. The van der Waals surface area contributed by atoms with E-state index < -0.39 is 12.2 Å². The van der Waals surface area contributed by atoms with E-state index in [1.54, 1.807) is 24.3 Å². The van der Waals surface area contributed by atoms with E-state index in [2.05, 4.69) is 50.2 Å². The molecule has 1 fully saturated rings. The number of esters is 2. The van der Waals surface area contributed by atoms with Crippen LogP contribution < -0.4 is 0 Å². The van der Waals surface area contributed by atoms with E-state index in [4.69, 9.17) is 9.47 Å². The molecule has 0 bridgehead atoms. The summed E-state index contributed by atoms with van der Waals surface area (Å²) in [7, 11) is 0. The van der Waals surface area contributed by atoms with Crippen molar-refractivity contribution in [2.24, 2.45) is 0 Å². The molecular formula is C39H38O4. The van der Waals surface area contributed by atoms with Gasteiger partial charge in [0, 0.05) is 17.3 Å². The van der Waals surface area contributed by atoms with Gasteiger partial charge < -0.3 is 9.47 Å². The monoisotopic (exact) mass is 570 g/mol. The van der Waals surface area contributed by atoms with Gasteiger partial charge in [0.25, 0.3) is 0 Å². The van der Waals surface area contributed by atoms with E-state index >= 15 is 0 Å². The highest BCUT2D eigenvalue weighted by Gasteiger charge is 2.76. The van der Waals surface area contributed by atoms with E-state index in [9.17, 15) is 9.59 Å². The predicted octanol–water partition coefficient (Wildman–Crippen LogP) is 8.32. The average Bonchev–Trinajstić information content (AvgIpc) is 3.22. The Bertz CT molecular complexity index is 1660. The third-order valence-corrected chi connectivity index (χ3v) is 9.94. The number of carbonyl (C=O) groups excluding carboxylic acids is 2. The topological polar surface area (TPSA) is 52.6 Å². The molecule has 1 spiro atoms. The first-order valence-electron chi connectivity index (χ1n) is 15.9. The van der Waals surface area contributed by atoms with Crippen molar-refractivity contribution in [2.45, 2.75) is 81.8 Å². The number of unbranched alkanes of at least 4 members (excludes halogenated alkanes) is 2. The number of ether oxygens (including phenoxy) is 2. The maximum atomic E-state index is 13.7. The summed E-state index contributed by atoms with van der Waals surface area (Å²) in [6.07, 6.45) is 5.30. The average molecular weight is 571 g/mol. The Morgan fingerprint density at radius 3 is 1.88 bits per heavy atom. The number of fused-ring (bicyclic) bond motifs is 4. The Kier molecular flexibility index (Phi) is 7.17. The number of carbonyl (C=O) groups is 2. The molecule has 0 radical (unpaired) electrons. The summed E-state index contributed by atoms with van der Waals surface area (Å²) in [5, 5.41) is 0. The molecule has 3 aliphatic rings. The predicted molar refractivity (Wildman–Crippen MR) is 168 cm³/mol. The molecule has 0 heterocycles. The van der Waals surface area contributed by atoms with Gasteiger partial charge in [0.15, 0.2) is 0 Å². The van der Waals surface area contributed by atoms with Crippen molar-refractivity contribution in [3.63, 3.8) is 0 Å². The Hall–Kier alpha value is -4.18. The Labute approximate surface area is 254 Å². The van der Waals surface area contributed by atoms with Gasteiger partial charge in [-0.1, -0.05) is 99.5 Å². The highest BCUT2D eigenvalue weighted by Crippen LogP contribution is 2.77. The van der Waals surface area contributed by atoms with Crippen LogP contribution in [-0.2, 0) is 27.7 Å². The van der Waals surface area contributed by atoms with Crippen LogP contribution in [0.3, 0.4) is 0 Å². The zero-order valence-corrected chi connectivity index (χ0v) is 24.9. The maximum absolute atomic E-state index is 13.7. The van der Waals surface area contributed by atoms with Crippen LogP contribution >= 0.6 is 0 Å². The van der Waals surface area contributed by atoms with Crippen molar-refractivity contribution in [3.05, 3.63) is 142 Å². The van der Waals surface area contributed by atoms with Gasteiger partial charge >= 0.3 is 11.9 Å². The first-order chi connectivity index (χ1) is 21.1. The highest BCUT2D eigenvalue weighted by molar-refractivity contribution is 5.91. The molecule has 4 aromatic rings. The molecule has 4 heteroatoms. The Morgan fingerprint density at radius 1 is 0.651 bits per heavy atom. The van der Waals surface area contributed by atoms with Gasteiger partial charge in [0.1, 0.15) is 12.2 Å². The van der Waals surface area contributed by atoms with Gasteiger partial charge in [0.2, 0.25) is 0 Å². The van der Waals surface area contributed by atoms with E-state index in [1.165, 1.54) is 33.4 Å². The van der Waals surface area contributed by atoms with Gasteiger partial charge in [0.05, 0.1) is 11.1 Å². The molecule has 0 saturated heterocycles. The van der Waals surface area contributed by atoms with Crippen molar-refractivity contribution >= 4 is 11.9 Å². The lowest BCUT2D eigenvalue weighted by Crippen LogP contribution is -2.54. The van der Waals surface area contributed by atoms with Crippen LogP contribution in [0, 0.1) is 0 Å². The van der Waals surface area contributed by atoms with Gasteiger partial charge in [-0.2, -0.15) is 0 Å². The summed E-state index contributed by atoms with van der Waals surface area (Å²) in [4.78, 5) is 27.3. The minimum Gasteiger partial charge on any atom is -0.454 e. The molecule has 1 saturated carbocycles. The first-order valence-corrected chi connectivity index (χ1v) is 15.9. The number of hydrogen-bond acceptors (Lipinski definition) is 4. The third kappa shape index (κ3) is 4.25. The van der Waals surface area contributed by atoms with Crippen molar-refractivity contribution in [1.82, 2.24) is 0 Å². The third-order valence-electron chi connectivity index (χ3n) is 9.94. The SMILES string of the molecule is CCCCc1ccc2c(c1)[C@]13c4cccc(CCCC)c4[C@@H]1C(OC(=O)c1ccccc1)C(OC(=O)c1ccccc1)C23. The van der Waals surface area contributed by atoms with E-state index in [0.717, 1.165) is 38.5 Å². The Balaban J connectivity index is 1.37. The second-order valence-corrected chi connectivity index (χ2v) is 12.3. The standard InChI is InChI=1S/C39H38O4/c1-3-5-14-25-22-23-29-31(24-25)39-30-21-13-20-26(15-6-4-2)32(30)34(39)36(43-38(41)28-18-11-8-12-19-28)35(33(29)39)42-37(40)27-16-9-7-10-17-27/h7-13,16-24,33-36H,3-6,14-15H2,1-2H3/t33?,34-,35?,36?,39+/m1/s1. The largest absolute Gasteiger partial charge is 0.454 e. The molecule has 43 heavy (non-hydrogen) atoms. The molecule has 0 aromatic heterocycles. The molecule has 3 aliphatic carbocycles. The van der Waals surface area contributed by atoms with Crippen molar-refractivity contribution in [1.29, 1.82) is 0 Å². The lowest BCUT2D eigenvalue weighted by Gasteiger charge is -2.59. The van der Waals surface area contributed by atoms with E-state index in [1.807, 2.05) is 36.4 Å². The number of rotatable bonds is 10. The fourth-order valence-electron chi connectivity index (χ4n) is 8.06. The minimum absolute atomic E-state index is 0.0734. The van der Waals surface area contributed by atoms with Crippen LogP contribution in [0.1, 0.15) is 105 Å².